The summed E-state index contributed by atoms with van der Waals surface area (Å²) in [6.07, 6.45) is 1.12. The summed E-state index contributed by atoms with van der Waals surface area (Å²) in [7, 11) is 2.08. The Bertz CT molecular complexity index is 465. The molecule has 1 unspecified atom stereocenters. The van der Waals surface area contributed by atoms with E-state index in [4.69, 9.17) is 5.84 Å². The molecule has 7 heteroatoms. The van der Waals surface area contributed by atoms with Crippen molar-refractivity contribution < 1.29 is 4.92 Å². The van der Waals surface area contributed by atoms with Crippen LogP contribution in [0, 0.1) is 16.0 Å². The van der Waals surface area contributed by atoms with Gasteiger partial charge < -0.3 is 15.6 Å². The minimum atomic E-state index is -0.418. The first-order valence-electron chi connectivity index (χ1n) is 6.28. The first-order valence-corrected chi connectivity index (χ1v) is 6.28. The number of hydrogen-bond acceptors (Lipinski definition) is 6. The van der Waals surface area contributed by atoms with E-state index in [-0.39, 0.29) is 5.69 Å². The third kappa shape index (κ3) is 3.12. The normalized spacial score (nSPS) is 19.4. The number of anilines is 2. The molecule has 4 N–H and O–H groups in total. The average Bonchev–Trinajstić information content (AvgIpc) is 2.81. The van der Waals surface area contributed by atoms with Gasteiger partial charge in [0.25, 0.3) is 0 Å². The molecule has 0 spiro atoms. The molecule has 1 aromatic carbocycles. The topological polar surface area (TPSA) is 96.5 Å². The van der Waals surface area contributed by atoms with Crippen molar-refractivity contribution in [2.75, 3.05) is 37.4 Å². The van der Waals surface area contributed by atoms with E-state index in [9.17, 15) is 10.1 Å². The minimum Gasteiger partial charge on any atom is -0.379 e. The predicted molar refractivity (Wildman–Crippen MR) is 75.0 cm³/mol. The highest BCUT2D eigenvalue weighted by Crippen LogP contribution is 2.32. The van der Waals surface area contributed by atoms with Crippen LogP contribution in [0.5, 0.6) is 0 Å². The lowest BCUT2D eigenvalue weighted by molar-refractivity contribution is -0.383. The van der Waals surface area contributed by atoms with Crippen molar-refractivity contribution in [3.8, 4) is 0 Å². The summed E-state index contributed by atoms with van der Waals surface area (Å²) in [4.78, 5) is 13.0. The number of nitrogens with one attached hydrogen (secondary N) is 2. The summed E-state index contributed by atoms with van der Waals surface area (Å²) in [5.74, 6) is 5.83. The molecular weight excluding hydrogens is 246 g/mol. The second kappa shape index (κ2) is 5.85. The lowest BCUT2D eigenvalue weighted by Crippen LogP contribution is -2.19. The summed E-state index contributed by atoms with van der Waals surface area (Å²) in [5, 5.41) is 14.3. The predicted octanol–water partition coefficient (Wildman–Crippen LogP) is 1.24. The maximum absolute atomic E-state index is 11.1. The molecular formula is C12H19N5O2. The largest absolute Gasteiger partial charge is 0.379 e. The highest BCUT2D eigenvalue weighted by molar-refractivity contribution is 5.75. The highest BCUT2D eigenvalue weighted by atomic mass is 16.6. The summed E-state index contributed by atoms with van der Waals surface area (Å²) < 4.78 is 0. The molecule has 2 rings (SSSR count). The van der Waals surface area contributed by atoms with E-state index in [1.165, 1.54) is 0 Å². The van der Waals surface area contributed by atoms with E-state index in [0.29, 0.717) is 17.3 Å². The Balaban J connectivity index is 2.09. The number of nitro groups is 1. The summed E-state index contributed by atoms with van der Waals surface area (Å²) in [6, 6.07) is 5.04. The van der Waals surface area contributed by atoms with Gasteiger partial charge in [0.2, 0.25) is 0 Å². The standard InChI is InChI=1S/C12H19N5O2/c1-16-6-5-9(8-16)7-14-10-3-2-4-11(15-13)12(10)17(18)19/h2-4,9,14-15H,5-8,13H2,1H3. The molecule has 0 aromatic heterocycles. The molecule has 1 aliphatic rings. The zero-order valence-electron chi connectivity index (χ0n) is 10.9. The average molecular weight is 265 g/mol. The van der Waals surface area contributed by atoms with Gasteiger partial charge in [0.05, 0.1) is 4.92 Å². The van der Waals surface area contributed by atoms with Crippen molar-refractivity contribution in [1.29, 1.82) is 0 Å². The lowest BCUT2D eigenvalue weighted by Gasteiger charge is -2.14. The molecule has 1 fully saturated rings. The van der Waals surface area contributed by atoms with Crippen LogP contribution in [0.25, 0.3) is 0 Å². The number of nitro benzene ring substituents is 1. The van der Waals surface area contributed by atoms with Crippen LogP contribution in [0.2, 0.25) is 0 Å². The van der Waals surface area contributed by atoms with Gasteiger partial charge in [0.1, 0.15) is 11.4 Å². The van der Waals surface area contributed by atoms with Gasteiger partial charge in [0, 0.05) is 13.1 Å². The smallest absolute Gasteiger partial charge is 0.316 e. The van der Waals surface area contributed by atoms with E-state index in [0.717, 1.165) is 26.1 Å². The number of benzene rings is 1. The van der Waals surface area contributed by atoms with Gasteiger partial charge in [-0.15, -0.1) is 0 Å². The van der Waals surface area contributed by atoms with Crippen molar-refractivity contribution in [2.24, 2.45) is 11.8 Å². The van der Waals surface area contributed by atoms with Gasteiger partial charge in [0.15, 0.2) is 0 Å². The first-order chi connectivity index (χ1) is 9.11. The summed E-state index contributed by atoms with van der Waals surface area (Å²) >= 11 is 0. The Morgan fingerprint density at radius 2 is 2.26 bits per heavy atom. The molecule has 1 saturated heterocycles. The molecule has 7 nitrogen and oxygen atoms in total. The number of hydrogen-bond donors (Lipinski definition) is 3. The van der Waals surface area contributed by atoms with Gasteiger partial charge in [-0.2, -0.15) is 0 Å². The van der Waals surface area contributed by atoms with Gasteiger partial charge in [-0.05, 0) is 38.1 Å². The minimum absolute atomic E-state index is 0.00338. The molecule has 0 amide bonds. The van der Waals surface area contributed by atoms with Crippen LogP contribution in [0.15, 0.2) is 18.2 Å². The van der Waals surface area contributed by atoms with E-state index >= 15 is 0 Å². The van der Waals surface area contributed by atoms with Crippen LogP contribution >= 0.6 is 0 Å². The fourth-order valence-corrected chi connectivity index (χ4v) is 2.45. The fraction of sp³-hybridized carbons (Fsp3) is 0.500. The Morgan fingerprint density at radius 1 is 1.53 bits per heavy atom. The molecule has 0 saturated carbocycles. The third-order valence-corrected chi connectivity index (χ3v) is 3.44. The number of hydrazine groups is 1. The van der Waals surface area contributed by atoms with Crippen LogP contribution < -0.4 is 16.6 Å². The molecule has 1 aromatic rings. The molecule has 104 valence electrons. The Hall–Kier alpha value is -1.86. The number of para-hydroxylation sites is 1. The molecule has 0 bridgehead atoms. The molecule has 19 heavy (non-hydrogen) atoms. The maximum atomic E-state index is 11.1. The summed E-state index contributed by atoms with van der Waals surface area (Å²) in [6.45, 7) is 2.84. The maximum Gasteiger partial charge on any atom is 0.316 e. The number of nitrogen functional groups attached to an aromatic ring is 1. The molecule has 1 aliphatic heterocycles. The van der Waals surface area contributed by atoms with Crippen molar-refractivity contribution in [1.82, 2.24) is 4.90 Å². The van der Waals surface area contributed by atoms with Gasteiger partial charge in [-0.25, -0.2) is 0 Å². The number of rotatable bonds is 5. The van der Waals surface area contributed by atoms with Crippen molar-refractivity contribution in [3.05, 3.63) is 28.3 Å². The Labute approximate surface area is 111 Å². The van der Waals surface area contributed by atoms with Crippen LogP contribution in [0.3, 0.4) is 0 Å². The Morgan fingerprint density at radius 3 is 2.84 bits per heavy atom. The molecule has 0 aliphatic carbocycles. The fourth-order valence-electron chi connectivity index (χ4n) is 2.45. The van der Waals surface area contributed by atoms with E-state index in [1.807, 2.05) is 0 Å². The quantitative estimate of drug-likeness (QED) is 0.421. The van der Waals surface area contributed by atoms with Crippen molar-refractivity contribution in [2.45, 2.75) is 6.42 Å². The molecule has 1 atom stereocenters. The zero-order chi connectivity index (χ0) is 13.8. The second-order valence-electron chi connectivity index (χ2n) is 4.90. The number of nitrogens with two attached hydrogens (primary N) is 1. The van der Waals surface area contributed by atoms with Crippen LogP contribution in [-0.4, -0.2) is 36.5 Å². The van der Waals surface area contributed by atoms with Gasteiger partial charge in [-0.3, -0.25) is 16.0 Å². The van der Waals surface area contributed by atoms with Crippen LogP contribution in [0.1, 0.15) is 6.42 Å². The highest BCUT2D eigenvalue weighted by Gasteiger charge is 2.22. The lowest BCUT2D eigenvalue weighted by atomic mass is 10.1. The van der Waals surface area contributed by atoms with Crippen molar-refractivity contribution >= 4 is 17.1 Å². The Kier molecular flexibility index (Phi) is 4.18. The zero-order valence-corrected chi connectivity index (χ0v) is 10.9. The SMILES string of the molecule is CN1CCC(CNc2cccc(NN)c2[N+](=O)[O-])C1. The van der Waals surface area contributed by atoms with Gasteiger partial charge >= 0.3 is 5.69 Å². The monoisotopic (exact) mass is 265 g/mol. The van der Waals surface area contributed by atoms with E-state index in [1.54, 1.807) is 18.2 Å². The first kappa shape index (κ1) is 13.6. The van der Waals surface area contributed by atoms with Gasteiger partial charge in [-0.1, -0.05) is 6.07 Å². The molecule has 0 radical (unpaired) electrons. The molecule has 1 heterocycles. The number of likely N-dealkylation sites (tertiary alicyclic amines) is 1. The van der Waals surface area contributed by atoms with E-state index in [2.05, 4.69) is 22.7 Å². The van der Waals surface area contributed by atoms with Crippen LogP contribution in [0.4, 0.5) is 17.1 Å². The second-order valence-corrected chi connectivity index (χ2v) is 4.90. The van der Waals surface area contributed by atoms with Crippen molar-refractivity contribution in [3.63, 3.8) is 0 Å². The summed E-state index contributed by atoms with van der Waals surface area (Å²) in [5.41, 5.74) is 3.19. The number of nitrogens with zero attached hydrogens (tertiary/aromatic N) is 2. The van der Waals surface area contributed by atoms with E-state index < -0.39 is 4.92 Å². The third-order valence-electron chi connectivity index (χ3n) is 3.44. The van der Waals surface area contributed by atoms with Crippen LogP contribution in [-0.2, 0) is 0 Å².